The summed E-state index contributed by atoms with van der Waals surface area (Å²) in [7, 11) is 2.98. The number of methoxy groups -OCH3 is 1. The summed E-state index contributed by atoms with van der Waals surface area (Å²) in [5.41, 5.74) is 7.03. The molecule has 3 amide bonds. The van der Waals surface area contributed by atoms with Gasteiger partial charge in [0, 0.05) is 14.0 Å². The van der Waals surface area contributed by atoms with Crippen LogP contribution in [0.25, 0.3) is 11.4 Å². The van der Waals surface area contributed by atoms with Crippen LogP contribution in [-0.4, -0.2) is 52.0 Å². The monoisotopic (exact) mass is 476 g/mol. The Bertz CT molecular complexity index is 1310. The van der Waals surface area contributed by atoms with Crippen LogP contribution in [0.3, 0.4) is 0 Å². The number of carbonyl (C=O) groups is 3. The Morgan fingerprint density at radius 1 is 1.09 bits per heavy atom. The molecule has 1 aliphatic carbocycles. The lowest BCUT2D eigenvalue weighted by atomic mass is 10.0. The molecule has 2 aromatic heterocycles. The summed E-state index contributed by atoms with van der Waals surface area (Å²) < 4.78 is 5.65. The van der Waals surface area contributed by atoms with Gasteiger partial charge in [-0.3, -0.25) is 14.4 Å². The molecule has 0 atom stereocenters. The van der Waals surface area contributed by atoms with E-state index in [4.69, 9.17) is 10.5 Å². The predicted octanol–water partition coefficient (Wildman–Crippen LogP) is 1.52. The Balaban J connectivity index is 1.74. The van der Waals surface area contributed by atoms with Crippen LogP contribution in [0.2, 0.25) is 0 Å². The molecule has 1 saturated carbocycles. The van der Waals surface area contributed by atoms with Gasteiger partial charge in [-0.25, -0.2) is 9.97 Å². The highest BCUT2D eigenvalue weighted by molar-refractivity contribution is 5.99. The minimum atomic E-state index is -0.875. The van der Waals surface area contributed by atoms with Crippen LogP contribution in [0.15, 0.2) is 36.7 Å². The zero-order valence-corrected chi connectivity index (χ0v) is 19.4. The zero-order valence-electron chi connectivity index (χ0n) is 19.4. The van der Waals surface area contributed by atoms with E-state index in [0.717, 1.165) is 0 Å². The summed E-state index contributed by atoms with van der Waals surface area (Å²) in [5.74, 6) is -0.388. The number of para-hydroxylation sites is 1. The van der Waals surface area contributed by atoms with Gasteiger partial charge >= 0.3 is 0 Å². The van der Waals surface area contributed by atoms with Crippen molar-refractivity contribution in [2.24, 2.45) is 5.73 Å². The maximum atomic E-state index is 12.5. The third-order valence-corrected chi connectivity index (χ3v) is 5.65. The van der Waals surface area contributed by atoms with Gasteiger partial charge in [-0.1, -0.05) is 6.07 Å². The van der Waals surface area contributed by atoms with Gasteiger partial charge in [0.15, 0.2) is 17.3 Å². The molecule has 12 nitrogen and oxygen atoms in total. The first-order chi connectivity index (χ1) is 16.8. The van der Waals surface area contributed by atoms with E-state index >= 15 is 0 Å². The highest BCUT2D eigenvalue weighted by Crippen LogP contribution is 2.48. The highest BCUT2D eigenvalue weighted by Gasteiger charge is 2.52. The molecule has 2 heterocycles. The molecule has 4 rings (SSSR count). The molecule has 0 saturated heterocycles. The van der Waals surface area contributed by atoms with Gasteiger partial charge in [-0.2, -0.15) is 5.10 Å². The van der Waals surface area contributed by atoms with Crippen molar-refractivity contribution < 1.29 is 19.1 Å². The Morgan fingerprint density at radius 3 is 2.37 bits per heavy atom. The quantitative estimate of drug-likeness (QED) is 0.376. The normalized spacial score (nSPS) is 13.5. The van der Waals surface area contributed by atoms with E-state index in [-0.39, 0.29) is 11.6 Å². The third-order valence-electron chi connectivity index (χ3n) is 5.65. The second-order valence-corrected chi connectivity index (χ2v) is 8.01. The Kier molecular flexibility index (Phi) is 6.28. The largest absolute Gasteiger partial charge is 0.494 e. The molecular weight excluding hydrogens is 452 g/mol. The van der Waals surface area contributed by atoms with Crippen LogP contribution in [0.1, 0.15) is 35.9 Å². The molecule has 0 unspecified atom stereocenters. The number of carbonyl (C=O) groups excluding carboxylic acids is 3. The maximum Gasteiger partial charge on any atom is 0.273 e. The molecule has 1 aromatic carbocycles. The fourth-order valence-corrected chi connectivity index (χ4v) is 3.67. The van der Waals surface area contributed by atoms with Gasteiger partial charge in [0.2, 0.25) is 11.8 Å². The number of nitrogens with two attached hydrogens (primary N) is 1. The standard InChI is InChI=1S/C23H24N8O4/c1-12(32)28-13-10-26-20(27-11-13)14-5-4-6-15(19(14)35-3)29-16-9-17(23(7-8-23)22(24)34)30-31-18(16)21(33)25-2/h4-6,9-11H,7-8H2,1-3H3,(H2,24,34)(H,25,33)(H,28,32)(H,29,30). The topological polar surface area (TPSA) is 174 Å². The summed E-state index contributed by atoms with van der Waals surface area (Å²) in [6, 6.07) is 6.91. The minimum Gasteiger partial charge on any atom is -0.494 e. The molecule has 3 aromatic rings. The molecule has 0 radical (unpaired) electrons. The second kappa shape index (κ2) is 9.33. The average Bonchev–Trinajstić information content (AvgIpc) is 3.66. The fraction of sp³-hybridized carbons (Fsp3) is 0.261. The molecule has 0 spiro atoms. The fourth-order valence-electron chi connectivity index (χ4n) is 3.67. The van der Waals surface area contributed by atoms with E-state index < -0.39 is 17.2 Å². The minimum absolute atomic E-state index is 0.0416. The van der Waals surface area contributed by atoms with Crippen molar-refractivity contribution in [3.63, 3.8) is 0 Å². The Hall–Kier alpha value is -4.61. The van der Waals surface area contributed by atoms with Crippen LogP contribution < -0.4 is 26.4 Å². The summed E-state index contributed by atoms with van der Waals surface area (Å²) >= 11 is 0. The number of ether oxygens (including phenoxy) is 1. The summed E-state index contributed by atoms with van der Waals surface area (Å²) in [5, 5.41) is 16.5. The van der Waals surface area contributed by atoms with E-state index in [1.807, 2.05) is 0 Å². The van der Waals surface area contributed by atoms with Gasteiger partial charge in [-0.15, -0.1) is 5.10 Å². The molecule has 180 valence electrons. The molecule has 0 bridgehead atoms. The predicted molar refractivity (Wildman–Crippen MR) is 127 cm³/mol. The molecule has 35 heavy (non-hydrogen) atoms. The smallest absolute Gasteiger partial charge is 0.273 e. The van der Waals surface area contributed by atoms with Crippen molar-refractivity contribution in [3.05, 3.63) is 48.0 Å². The summed E-state index contributed by atoms with van der Waals surface area (Å²) in [4.78, 5) is 44.4. The number of aromatic nitrogens is 4. The molecular formula is C23H24N8O4. The van der Waals surface area contributed by atoms with Gasteiger partial charge in [0.1, 0.15) is 0 Å². The average molecular weight is 476 g/mol. The first-order valence-corrected chi connectivity index (χ1v) is 10.7. The van der Waals surface area contributed by atoms with Crippen LogP contribution in [-0.2, 0) is 15.0 Å². The van der Waals surface area contributed by atoms with Crippen molar-refractivity contribution in [1.82, 2.24) is 25.5 Å². The Labute approximate surface area is 200 Å². The third kappa shape index (κ3) is 4.58. The second-order valence-electron chi connectivity index (χ2n) is 8.01. The summed E-state index contributed by atoms with van der Waals surface area (Å²) in [6.07, 6.45) is 4.12. The van der Waals surface area contributed by atoms with Gasteiger partial charge in [0.05, 0.1) is 53.2 Å². The van der Waals surface area contributed by atoms with Crippen LogP contribution in [0, 0.1) is 0 Å². The first kappa shape index (κ1) is 23.5. The summed E-state index contributed by atoms with van der Waals surface area (Å²) in [6.45, 7) is 1.40. The molecule has 1 aliphatic rings. The van der Waals surface area contributed by atoms with Gasteiger partial charge in [-0.05, 0) is 31.0 Å². The van der Waals surface area contributed by atoms with E-state index in [2.05, 4.69) is 36.1 Å². The van der Waals surface area contributed by atoms with Crippen molar-refractivity contribution >= 4 is 34.8 Å². The number of primary amides is 1. The van der Waals surface area contributed by atoms with E-state index in [1.54, 1.807) is 24.3 Å². The van der Waals surface area contributed by atoms with Crippen molar-refractivity contribution in [3.8, 4) is 17.1 Å². The number of hydrogen-bond donors (Lipinski definition) is 4. The number of nitrogens with one attached hydrogen (secondary N) is 3. The van der Waals surface area contributed by atoms with Crippen molar-refractivity contribution in [2.75, 3.05) is 24.8 Å². The van der Waals surface area contributed by atoms with Crippen LogP contribution in [0.5, 0.6) is 5.75 Å². The highest BCUT2D eigenvalue weighted by atomic mass is 16.5. The Morgan fingerprint density at radius 2 is 1.80 bits per heavy atom. The lowest BCUT2D eigenvalue weighted by Gasteiger charge is -2.17. The van der Waals surface area contributed by atoms with Gasteiger partial charge in [0.25, 0.3) is 5.91 Å². The number of hydrogen-bond acceptors (Lipinski definition) is 9. The lowest BCUT2D eigenvalue weighted by molar-refractivity contribution is -0.120. The number of rotatable bonds is 8. The van der Waals surface area contributed by atoms with E-state index in [9.17, 15) is 14.4 Å². The molecule has 12 heteroatoms. The molecule has 1 fully saturated rings. The van der Waals surface area contributed by atoms with Gasteiger partial charge < -0.3 is 26.4 Å². The van der Waals surface area contributed by atoms with Crippen LogP contribution >= 0.6 is 0 Å². The van der Waals surface area contributed by atoms with E-state index in [1.165, 1.54) is 33.5 Å². The number of nitrogens with zero attached hydrogens (tertiary/aromatic N) is 4. The lowest BCUT2D eigenvalue weighted by Crippen LogP contribution is -2.30. The molecule has 0 aliphatic heterocycles. The van der Waals surface area contributed by atoms with Crippen LogP contribution in [0.4, 0.5) is 17.1 Å². The number of amides is 3. The molecule has 5 N–H and O–H groups in total. The van der Waals surface area contributed by atoms with Crippen molar-refractivity contribution in [1.29, 1.82) is 0 Å². The first-order valence-electron chi connectivity index (χ1n) is 10.7. The maximum absolute atomic E-state index is 12.5. The number of benzene rings is 1. The number of anilines is 3. The van der Waals surface area contributed by atoms with Crippen molar-refractivity contribution in [2.45, 2.75) is 25.2 Å². The SMILES string of the molecule is CNC(=O)c1nnc(C2(C(N)=O)CC2)cc1Nc1cccc(-c2ncc(NC(C)=O)cn2)c1OC. The van der Waals surface area contributed by atoms with E-state index in [0.29, 0.717) is 52.7 Å². The zero-order chi connectivity index (χ0) is 25.2.